The normalized spacial score (nSPS) is 10.6. The number of nitrogens with zero attached hydrogens (tertiary/aromatic N) is 3. The molecule has 2 aromatic rings. The van der Waals surface area contributed by atoms with Crippen LogP contribution < -0.4 is 0 Å². The quantitative estimate of drug-likeness (QED) is 0.556. The number of hydrogen-bond acceptors (Lipinski definition) is 3. The third-order valence-corrected chi connectivity index (χ3v) is 2.69. The maximum absolute atomic E-state index is 4.69. The zero-order valence-electron chi connectivity index (χ0n) is 17.7. The number of pyridine rings is 2. The van der Waals surface area contributed by atoms with E-state index in [9.17, 15) is 0 Å². The summed E-state index contributed by atoms with van der Waals surface area (Å²) in [4.78, 5) is 13.4. The first kappa shape index (κ1) is 25.7. The lowest BCUT2D eigenvalue weighted by Gasteiger charge is -2.04. The van der Waals surface area contributed by atoms with E-state index in [0.717, 1.165) is 22.8 Å². The molecule has 2 heterocycles. The fourth-order valence-corrected chi connectivity index (χ4v) is 1.77. The molecular weight excluding hydrogens is 318 g/mol. The Balaban J connectivity index is 0. The van der Waals surface area contributed by atoms with E-state index in [1.807, 2.05) is 110 Å². The average Bonchev–Trinajstić information content (AvgIpc) is 2.76. The van der Waals surface area contributed by atoms with E-state index < -0.39 is 0 Å². The summed E-state index contributed by atoms with van der Waals surface area (Å²) in [6.45, 7) is 15.9. The van der Waals surface area contributed by atoms with Crippen molar-refractivity contribution < 1.29 is 0 Å². The van der Waals surface area contributed by atoms with E-state index in [0.29, 0.717) is 0 Å². The summed E-state index contributed by atoms with van der Waals surface area (Å²) < 4.78 is 0. The van der Waals surface area contributed by atoms with Crippen LogP contribution in [-0.4, -0.2) is 15.7 Å². The van der Waals surface area contributed by atoms with Crippen molar-refractivity contribution in [3.05, 3.63) is 78.4 Å². The summed E-state index contributed by atoms with van der Waals surface area (Å²) in [6, 6.07) is 11.6. The zero-order chi connectivity index (χ0) is 20.2. The van der Waals surface area contributed by atoms with Crippen LogP contribution in [-0.2, 0) is 0 Å². The standard InChI is InChI=1S/C17H17N3.3C2H6/c1-3-9-17(16-11-6-8-13-19-16)20-14(4-2)15-10-5-7-12-18-15;3*1-2/h3-13H,1-2H3;3*1-2H3/b9-3-,14-4-,20-17+;;;. The van der Waals surface area contributed by atoms with Gasteiger partial charge in [0, 0.05) is 12.4 Å². The minimum atomic E-state index is 0.826. The van der Waals surface area contributed by atoms with Crippen LogP contribution in [0, 0.1) is 0 Å². The van der Waals surface area contributed by atoms with Crippen molar-refractivity contribution in [2.45, 2.75) is 55.4 Å². The van der Waals surface area contributed by atoms with Gasteiger partial charge in [0.25, 0.3) is 0 Å². The highest BCUT2D eigenvalue weighted by Gasteiger charge is 2.04. The largest absolute Gasteiger partial charge is 0.255 e. The van der Waals surface area contributed by atoms with Crippen molar-refractivity contribution in [2.24, 2.45) is 4.99 Å². The Morgan fingerprint density at radius 1 is 0.769 bits per heavy atom. The Kier molecular flexibility index (Phi) is 18.6. The maximum Gasteiger partial charge on any atom is 0.0890 e. The molecule has 0 aliphatic rings. The molecule has 0 bridgehead atoms. The van der Waals surface area contributed by atoms with Gasteiger partial charge in [0.1, 0.15) is 0 Å². The lowest BCUT2D eigenvalue weighted by molar-refractivity contribution is 1.24. The minimum Gasteiger partial charge on any atom is -0.255 e. The van der Waals surface area contributed by atoms with Crippen molar-refractivity contribution in [3.8, 4) is 0 Å². The van der Waals surface area contributed by atoms with Crippen molar-refractivity contribution in [2.75, 3.05) is 0 Å². The van der Waals surface area contributed by atoms with Crippen LogP contribution in [0.25, 0.3) is 5.70 Å². The molecular formula is C23H35N3. The molecule has 0 spiro atoms. The molecule has 0 radical (unpaired) electrons. The first-order valence-corrected chi connectivity index (χ1v) is 9.55. The first-order valence-electron chi connectivity index (χ1n) is 9.55. The van der Waals surface area contributed by atoms with Crippen LogP contribution in [0.5, 0.6) is 0 Å². The Morgan fingerprint density at radius 2 is 1.27 bits per heavy atom. The third-order valence-electron chi connectivity index (χ3n) is 2.69. The number of aromatic nitrogens is 2. The molecule has 0 atom stereocenters. The molecule has 0 amide bonds. The molecule has 3 heteroatoms. The SMILES string of the molecule is CC.CC.CC.C\C=C/C(=N\C(=C/C)c1ccccn1)c1ccccn1. The fourth-order valence-electron chi connectivity index (χ4n) is 1.77. The monoisotopic (exact) mass is 353 g/mol. The van der Waals surface area contributed by atoms with E-state index in [1.54, 1.807) is 12.4 Å². The molecule has 0 aliphatic carbocycles. The van der Waals surface area contributed by atoms with Crippen LogP contribution in [0.4, 0.5) is 0 Å². The van der Waals surface area contributed by atoms with Crippen LogP contribution >= 0.6 is 0 Å². The summed E-state index contributed by atoms with van der Waals surface area (Å²) in [5.41, 5.74) is 3.37. The highest BCUT2D eigenvalue weighted by Crippen LogP contribution is 2.14. The van der Waals surface area contributed by atoms with E-state index in [-0.39, 0.29) is 0 Å². The Morgan fingerprint density at radius 3 is 1.65 bits per heavy atom. The van der Waals surface area contributed by atoms with Crippen LogP contribution in [0.15, 0.2) is 72.0 Å². The predicted molar refractivity (Wildman–Crippen MR) is 118 cm³/mol. The number of hydrogen-bond donors (Lipinski definition) is 0. The van der Waals surface area contributed by atoms with E-state index in [1.165, 1.54) is 0 Å². The Hall–Kier alpha value is -2.55. The van der Waals surface area contributed by atoms with Crippen molar-refractivity contribution >= 4 is 11.4 Å². The summed E-state index contributed by atoms with van der Waals surface area (Å²) in [5, 5.41) is 0. The fraction of sp³-hybridized carbons (Fsp3) is 0.348. The average molecular weight is 354 g/mol. The third kappa shape index (κ3) is 9.67. The van der Waals surface area contributed by atoms with Gasteiger partial charge in [-0.05, 0) is 44.2 Å². The van der Waals surface area contributed by atoms with Gasteiger partial charge in [-0.2, -0.15) is 0 Å². The lowest BCUT2D eigenvalue weighted by atomic mass is 10.2. The van der Waals surface area contributed by atoms with Gasteiger partial charge >= 0.3 is 0 Å². The minimum absolute atomic E-state index is 0.826. The molecule has 0 unspecified atom stereocenters. The van der Waals surface area contributed by atoms with E-state index >= 15 is 0 Å². The highest BCUT2D eigenvalue weighted by molar-refractivity contribution is 6.09. The molecule has 3 nitrogen and oxygen atoms in total. The number of aliphatic imine (C=N–C) groups is 1. The molecule has 0 fully saturated rings. The van der Waals surface area contributed by atoms with E-state index in [2.05, 4.69) is 9.97 Å². The Labute approximate surface area is 160 Å². The van der Waals surface area contributed by atoms with Crippen LogP contribution in [0.3, 0.4) is 0 Å². The molecule has 0 aromatic carbocycles. The maximum atomic E-state index is 4.69. The van der Waals surface area contributed by atoms with E-state index in [4.69, 9.17) is 4.99 Å². The van der Waals surface area contributed by atoms with Crippen molar-refractivity contribution in [1.29, 1.82) is 0 Å². The molecule has 26 heavy (non-hydrogen) atoms. The molecule has 0 saturated heterocycles. The van der Waals surface area contributed by atoms with Gasteiger partial charge in [-0.3, -0.25) is 9.97 Å². The van der Waals surface area contributed by atoms with Crippen LogP contribution in [0.2, 0.25) is 0 Å². The number of rotatable bonds is 4. The summed E-state index contributed by atoms with van der Waals surface area (Å²) in [5.74, 6) is 0. The van der Waals surface area contributed by atoms with Gasteiger partial charge in [-0.15, -0.1) is 0 Å². The topological polar surface area (TPSA) is 38.1 Å². The second-order valence-corrected chi connectivity index (χ2v) is 4.10. The molecule has 142 valence electrons. The predicted octanol–water partition coefficient (Wildman–Crippen LogP) is 6.98. The van der Waals surface area contributed by atoms with Crippen LogP contribution in [0.1, 0.15) is 66.8 Å². The van der Waals surface area contributed by atoms with Gasteiger partial charge in [0.15, 0.2) is 0 Å². The lowest BCUT2D eigenvalue weighted by Crippen LogP contribution is -2.00. The molecule has 0 saturated carbocycles. The van der Waals surface area contributed by atoms with Crippen molar-refractivity contribution in [3.63, 3.8) is 0 Å². The molecule has 0 N–H and O–H groups in total. The molecule has 2 rings (SSSR count). The number of allylic oxidation sites excluding steroid dienone is 3. The van der Waals surface area contributed by atoms with Gasteiger partial charge < -0.3 is 0 Å². The summed E-state index contributed by atoms with van der Waals surface area (Å²) in [6.07, 6.45) is 9.40. The van der Waals surface area contributed by atoms with Gasteiger partial charge in [0.2, 0.25) is 0 Å². The van der Waals surface area contributed by atoms with Gasteiger partial charge in [0.05, 0.1) is 22.8 Å². The second kappa shape index (κ2) is 18.8. The smallest absolute Gasteiger partial charge is 0.0890 e. The molecule has 2 aromatic heterocycles. The van der Waals surface area contributed by atoms with Crippen molar-refractivity contribution in [1.82, 2.24) is 9.97 Å². The second-order valence-electron chi connectivity index (χ2n) is 4.10. The Bertz CT molecular complexity index is 627. The summed E-state index contributed by atoms with van der Waals surface area (Å²) >= 11 is 0. The summed E-state index contributed by atoms with van der Waals surface area (Å²) in [7, 11) is 0. The van der Waals surface area contributed by atoms with Gasteiger partial charge in [-0.1, -0.05) is 65.8 Å². The first-order chi connectivity index (χ1) is 12.8. The highest BCUT2D eigenvalue weighted by atomic mass is 14.8. The molecule has 0 aliphatic heterocycles. The zero-order valence-corrected chi connectivity index (χ0v) is 17.7. The van der Waals surface area contributed by atoms with Gasteiger partial charge in [-0.25, -0.2) is 4.99 Å².